The Bertz CT molecular complexity index is 434. The monoisotopic (exact) mass is 262 g/mol. The summed E-state index contributed by atoms with van der Waals surface area (Å²) in [5.41, 5.74) is 0.836. The topological polar surface area (TPSA) is 36.3 Å². The summed E-state index contributed by atoms with van der Waals surface area (Å²) in [4.78, 5) is 3.42. The van der Waals surface area contributed by atoms with Crippen LogP contribution in [0.25, 0.3) is 0 Å². The highest BCUT2D eigenvalue weighted by molar-refractivity contribution is 7.99. The van der Waals surface area contributed by atoms with Crippen LogP contribution in [-0.2, 0) is 4.74 Å². The second kappa shape index (κ2) is 5.64. The fourth-order valence-corrected chi connectivity index (χ4v) is 2.71. The molecule has 1 aromatic rings. The van der Waals surface area contributed by atoms with Gasteiger partial charge in [-0.15, -0.1) is 11.8 Å². The third-order valence-electron chi connectivity index (χ3n) is 3.12. The molecule has 3 nitrogen and oxygen atoms in total. The third kappa shape index (κ3) is 2.80. The van der Waals surface area contributed by atoms with Crippen LogP contribution in [0, 0.1) is 16.7 Å². The minimum atomic E-state index is -0.314. The predicted molar refractivity (Wildman–Crippen MR) is 75.0 cm³/mol. The molecule has 1 aliphatic rings. The van der Waals surface area contributed by atoms with Crippen molar-refractivity contribution in [2.75, 3.05) is 37.5 Å². The average molecular weight is 262 g/mol. The number of nitrogens with zero attached hydrogens (tertiary/aromatic N) is 2. The van der Waals surface area contributed by atoms with Crippen molar-refractivity contribution in [2.45, 2.75) is 11.8 Å². The first-order valence-corrected chi connectivity index (χ1v) is 7.11. The molecule has 18 heavy (non-hydrogen) atoms. The number of rotatable bonds is 5. The lowest BCUT2D eigenvalue weighted by Gasteiger charge is -2.38. The van der Waals surface area contributed by atoms with Crippen molar-refractivity contribution in [1.29, 1.82) is 5.26 Å². The highest BCUT2D eigenvalue weighted by atomic mass is 32.2. The lowest BCUT2D eigenvalue weighted by atomic mass is 9.87. The minimum Gasteiger partial charge on any atom is -0.378 e. The van der Waals surface area contributed by atoms with E-state index >= 15 is 0 Å². The molecule has 0 spiro atoms. The van der Waals surface area contributed by atoms with Crippen molar-refractivity contribution in [3.63, 3.8) is 0 Å². The minimum absolute atomic E-state index is 0.314. The molecule has 2 rings (SSSR count). The molecule has 1 saturated heterocycles. The third-order valence-corrected chi connectivity index (χ3v) is 4.02. The summed E-state index contributed by atoms with van der Waals surface area (Å²) >= 11 is 1.84. The van der Waals surface area contributed by atoms with Crippen LogP contribution in [-0.4, -0.2) is 32.6 Å². The number of benzene rings is 1. The Hall–Kier alpha value is -1.18. The summed E-state index contributed by atoms with van der Waals surface area (Å²) in [6.07, 6.45) is 0. The predicted octanol–water partition coefficient (Wildman–Crippen LogP) is 2.77. The molecule has 0 unspecified atom stereocenters. The second-order valence-electron chi connectivity index (χ2n) is 4.67. The van der Waals surface area contributed by atoms with E-state index in [0.717, 1.165) is 18.0 Å². The number of nitriles is 1. The van der Waals surface area contributed by atoms with Crippen LogP contribution in [0.4, 0.5) is 5.69 Å². The highest BCUT2D eigenvalue weighted by Gasteiger charge is 2.40. The lowest BCUT2D eigenvalue weighted by Crippen LogP contribution is -2.49. The maximum Gasteiger partial charge on any atom is 0.121 e. The van der Waals surface area contributed by atoms with Crippen molar-refractivity contribution in [2.24, 2.45) is 5.41 Å². The molecule has 0 bridgehead atoms. The molecule has 1 aromatic carbocycles. The fourth-order valence-electron chi connectivity index (χ4n) is 2.05. The molecule has 1 aliphatic heterocycles. The van der Waals surface area contributed by atoms with Gasteiger partial charge in [0.2, 0.25) is 0 Å². The van der Waals surface area contributed by atoms with E-state index in [-0.39, 0.29) is 5.41 Å². The van der Waals surface area contributed by atoms with Gasteiger partial charge in [-0.3, -0.25) is 0 Å². The van der Waals surface area contributed by atoms with Gasteiger partial charge in [0, 0.05) is 24.2 Å². The van der Waals surface area contributed by atoms with Crippen LogP contribution in [0.15, 0.2) is 29.2 Å². The van der Waals surface area contributed by atoms with Crippen LogP contribution in [0.5, 0.6) is 0 Å². The zero-order valence-electron chi connectivity index (χ0n) is 10.8. The molecule has 1 heterocycles. The maximum atomic E-state index is 9.19. The number of ether oxygens (including phenoxy) is 1. The Balaban J connectivity index is 2.00. The van der Waals surface area contributed by atoms with E-state index in [1.54, 1.807) is 0 Å². The summed E-state index contributed by atoms with van der Waals surface area (Å²) in [6, 6.07) is 10.9. The first-order valence-electron chi connectivity index (χ1n) is 6.12. The van der Waals surface area contributed by atoms with Crippen molar-refractivity contribution in [1.82, 2.24) is 0 Å². The lowest BCUT2D eigenvalue weighted by molar-refractivity contribution is -0.0716. The molecule has 0 amide bonds. The van der Waals surface area contributed by atoms with E-state index in [1.165, 1.54) is 4.90 Å². The summed E-state index contributed by atoms with van der Waals surface area (Å²) in [6.45, 7) is 3.98. The molecule has 4 heteroatoms. The van der Waals surface area contributed by atoms with Gasteiger partial charge in [0.05, 0.1) is 19.3 Å². The van der Waals surface area contributed by atoms with Crippen LogP contribution < -0.4 is 4.90 Å². The average Bonchev–Trinajstić information content (AvgIpc) is 2.35. The van der Waals surface area contributed by atoms with Gasteiger partial charge < -0.3 is 9.64 Å². The van der Waals surface area contributed by atoms with Gasteiger partial charge in [-0.2, -0.15) is 5.26 Å². The zero-order valence-corrected chi connectivity index (χ0v) is 11.7. The van der Waals surface area contributed by atoms with E-state index in [4.69, 9.17) is 4.74 Å². The largest absolute Gasteiger partial charge is 0.378 e. The van der Waals surface area contributed by atoms with Gasteiger partial charge in [-0.25, -0.2) is 0 Å². The summed E-state index contributed by atoms with van der Waals surface area (Å²) < 4.78 is 5.16. The fraction of sp³-hybridized carbons (Fsp3) is 0.500. The Labute approximate surface area is 113 Å². The van der Waals surface area contributed by atoms with Crippen molar-refractivity contribution in [3.8, 4) is 6.07 Å². The smallest absolute Gasteiger partial charge is 0.121 e. The van der Waals surface area contributed by atoms with Gasteiger partial charge in [-0.1, -0.05) is 6.92 Å². The standard InChI is InChI=1S/C14H18N2OS/c1-3-18-13-6-4-12(5-7-13)16(2)9-14(8-15)10-17-11-14/h4-7H,3,9-11H2,1-2H3. The number of hydrogen-bond acceptors (Lipinski definition) is 4. The molecule has 0 saturated carbocycles. The van der Waals surface area contributed by atoms with E-state index in [9.17, 15) is 5.26 Å². The molecule has 0 atom stereocenters. The van der Waals surface area contributed by atoms with Crippen molar-refractivity contribution >= 4 is 17.4 Å². The van der Waals surface area contributed by atoms with Gasteiger partial charge in [0.25, 0.3) is 0 Å². The molecule has 0 radical (unpaired) electrons. The molecule has 96 valence electrons. The van der Waals surface area contributed by atoms with E-state index in [1.807, 2.05) is 18.8 Å². The normalized spacial score (nSPS) is 16.7. The molecular weight excluding hydrogens is 244 g/mol. The molecular formula is C14H18N2OS. The Morgan fingerprint density at radius 3 is 2.50 bits per heavy atom. The molecule has 0 aromatic heterocycles. The summed E-state index contributed by atoms with van der Waals surface area (Å²) in [5, 5.41) is 9.19. The van der Waals surface area contributed by atoms with Crippen LogP contribution in [0.2, 0.25) is 0 Å². The van der Waals surface area contributed by atoms with E-state index < -0.39 is 0 Å². The van der Waals surface area contributed by atoms with Gasteiger partial charge in [0.15, 0.2) is 0 Å². The van der Waals surface area contributed by atoms with Crippen LogP contribution in [0.1, 0.15) is 6.92 Å². The number of thioether (sulfide) groups is 1. The number of hydrogen-bond donors (Lipinski definition) is 0. The zero-order chi connectivity index (χ0) is 13.0. The SMILES string of the molecule is CCSc1ccc(N(C)CC2(C#N)COC2)cc1. The van der Waals surface area contributed by atoms with Gasteiger partial charge >= 0.3 is 0 Å². The Morgan fingerprint density at radius 2 is 2.06 bits per heavy atom. The van der Waals surface area contributed by atoms with E-state index in [2.05, 4.69) is 42.2 Å². The quantitative estimate of drug-likeness (QED) is 0.765. The van der Waals surface area contributed by atoms with Crippen molar-refractivity contribution < 1.29 is 4.74 Å². The van der Waals surface area contributed by atoms with Crippen LogP contribution >= 0.6 is 11.8 Å². The summed E-state index contributed by atoms with van der Waals surface area (Å²) in [5.74, 6) is 1.09. The van der Waals surface area contributed by atoms with Crippen LogP contribution in [0.3, 0.4) is 0 Å². The Kier molecular flexibility index (Phi) is 4.15. The maximum absolute atomic E-state index is 9.19. The number of anilines is 1. The second-order valence-corrected chi connectivity index (χ2v) is 6.01. The van der Waals surface area contributed by atoms with E-state index in [0.29, 0.717) is 13.2 Å². The van der Waals surface area contributed by atoms with Gasteiger partial charge in [0.1, 0.15) is 5.41 Å². The molecule has 1 fully saturated rings. The van der Waals surface area contributed by atoms with Gasteiger partial charge in [-0.05, 0) is 30.0 Å². The first-order chi connectivity index (χ1) is 8.69. The highest BCUT2D eigenvalue weighted by Crippen LogP contribution is 2.29. The molecule has 0 N–H and O–H groups in total. The molecule has 0 aliphatic carbocycles. The summed E-state index contributed by atoms with van der Waals surface area (Å²) in [7, 11) is 2.03. The Morgan fingerprint density at radius 1 is 1.39 bits per heavy atom. The first kappa shape index (κ1) is 13.3. The van der Waals surface area contributed by atoms with Crippen molar-refractivity contribution in [3.05, 3.63) is 24.3 Å².